The number of hydrogen-bond donors (Lipinski definition) is 1. The smallest absolute Gasteiger partial charge is 0.150 e. The number of hydrogen-bond acceptors (Lipinski definition) is 5. The van der Waals surface area contributed by atoms with Gasteiger partial charge in [-0.3, -0.25) is 4.98 Å². The molecule has 5 nitrogen and oxygen atoms in total. The fraction of sp³-hybridized carbons (Fsp3) is 0.136. The topological polar surface area (TPSA) is 59.9 Å². The Morgan fingerprint density at radius 3 is 2.57 bits per heavy atom. The Labute approximate surface area is 177 Å². The zero-order valence-electron chi connectivity index (χ0n) is 15.6. The van der Waals surface area contributed by atoms with E-state index in [-0.39, 0.29) is 0 Å². The average Bonchev–Trinajstić information content (AvgIpc) is 2.71. The van der Waals surface area contributed by atoms with Gasteiger partial charge < -0.3 is 10.1 Å². The van der Waals surface area contributed by atoms with Crippen LogP contribution in [0.5, 0.6) is 5.75 Å². The van der Waals surface area contributed by atoms with Gasteiger partial charge in [0.2, 0.25) is 0 Å². The molecule has 0 amide bonds. The van der Waals surface area contributed by atoms with Crippen molar-refractivity contribution in [3.63, 3.8) is 0 Å². The quantitative estimate of drug-likeness (QED) is 0.377. The van der Waals surface area contributed by atoms with Crippen LogP contribution < -0.4 is 10.1 Å². The van der Waals surface area contributed by atoms with Crippen molar-refractivity contribution in [3.8, 4) is 5.75 Å². The maximum atomic E-state index is 6.11. The molecule has 2 aromatic heterocycles. The van der Waals surface area contributed by atoms with Gasteiger partial charge in [0.1, 0.15) is 24.0 Å². The van der Waals surface area contributed by atoms with Crippen molar-refractivity contribution >= 4 is 45.0 Å². The van der Waals surface area contributed by atoms with Crippen LogP contribution >= 0.6 is 22.6 Å². The zero-order valence-corrected chi connectivity index (χ0v) is 17.8. The average molecular weight is 482 g/mol. The number of fused-ring (bicyclic) bond motifs is 1. The molecule has 2 heterocycles. The van der Waals surface area contributed by atoms with E-state index in [1.54, 1.807) is 12.4 Å². The zero-order chi connectivity index (χ0) is 19.5. The first-order valence-corrected chi connectivity index (χ1v) is 10.0. The van der Waals surface area contributed by atoms with Gasteiger partial charge in [-0.2, -0.15) is 0 Å². The molecule has 4 rings (SSSR count). The Morgan fingerprint density at radius 1 is 0.929 bits per heavy atom. The van der Waals surface area contributed by atoms with Crippen LogP contribution in [0.1, 0.15) is 17.0 Å². The molecule has 2 aromatic carbocycles. The lowest BCUT2D eigenvalue weighted by Gasteiger charge is -2.12. The van der Waals surface area contributed by atoms with Gasteiger partial charge in [-0.15, -0.1) is 0 Å². The predicted molar refractivity (Wildman–Crippen MR) is 120 cm³/mol. The third-order valence-electron chi connectivity index (χ3n) is 4.50. The molecule has 0 atom stereocenters. The third kappa shape index (κ3) is 4.06. The van der Waals surface area contributed by atoms with Crippen molar-refractivity contribution in [2.24, 2.45) is 0 Å². The molecule has 0 radical (unpaired) electrons. The molecule has 1 N–H and O–H groups in total. The highest BCUT2D eigenvalue weighted by atomic mass is 127. The van der Waals surface area contributed by atoms with Crippen LogP contribution in [0.4, 0.5) is 11.6 Å². The van der Waals surface area contributed by atoms with Crippen molar-refractivity contribution in [2.45, 2.75) is 20.5 Å². The monoisotopic (exact) mass is 482 g/mol. The Kier molecular flexibility index (Phi) is 5.38. The summed E-state index contributed by atoms with van der Waals surface area (Å²) in [5.74, 6) is 2.27. The van der Waals surface area contributed by atoms with E-state index in [1.807, 2.05) is 44.2 Å². The highest BCUT2D eigenvalue weighted by Crippen LogP contribution is 2.30. The van der Waals surface area contributed by atoms with Crippen LogP contribution in [0.25, 0.3) is 10.8 Å². The van der Waals surface area contributed by atoms with E-state index in [2.05, 4.69) is 61.1 Å². The summed E-state index contributed by atoms with van der Waals surface area (Å²) < 4.78 is 7.33. The second-order valence-electron chi connectivity index (χ2n) is 6.48. The van der Waals surface area contributed by atoms with Gasteiger partial charge in [-0.05, 0) is 71.7 Å². The normalized spacial score (nSPS) is 10.8. The van der Waals surface area contributed by atoms with Crippen molar-refractivity contribution in [1.29, 1.82) is 0 Å². The summed E-state index contributed by atoms with van der Waals surface area (Å²) in [6, 6.07) is 16.3. The molecule has 0 saturated heterocycles. The van der Waals surface area contributed by atoms with Gasteiger partial charge in [0.15, 0.2) is 0 Å². The lowest BCUT2D eigenvalue weighted by Crippen LogP contribution is -2.02. The second kappa shape index (κ2) is 8.10. The minimum atomic E-state index is 0.459. The molecule has 0 fully saturated rings. The van der Waals surface area contributed by atoms with E-state index in [0.29, 0.717) is 18.2 Å². The van der Waals surface area contributed by atoms with Crippen molar-refractivity contribution in [1.82, 2.24) is 15.0 Å². The number of benzene rings is 2. The molecule has 0 spiro atoms. The molecule has 4 aromatic rings. The van der Waals surface area contributed by atoms with E-state index >= 15 is 0 Å². The van der Waals surface area contributed by atoms with Crippen LogP contribution in [-0.2, 0) is 6.61 Å². The maximum Gasteiger partial charge on any atom is 0.150 e. The summed E-state index contributed by atoms with van der Waals surface area (Å²) in [4.78, 5) is 13.2. The molecule has 140 valence electrons. The third-order valence-corrected chi connectivity index (χ3v) is 5.44. The molecular weight excluding hydrogens is 463 g/mol. The van der Waals surface area contributed by atoms with E-state index in [0.717, 1.165) is 28.1 Å². The SMILES string of the molecule is Cc1ncc(Nc2cc(COc3ccc(I)c4ccccc34)ccn2)nc1C. The number of anilines is 2. The van der Waals surface area contributed by atoms with E-state index < -0.39 is 0 Å². The van der Waals surface area contributed by atoms with Crippen molar-refractivity contribution in [2.75, 3.05) is 5.32 Å². The summed E-state index contributed by atoms with van der Waals surface area (Å²) in [5.41, 5.74) is 2.84. The Balaban J connectivity index is 1.51. The van der Waals surface area contributed by atoms with Crippen LogP contribution in [0.15, 0.2) is 60.9 Å². The summed E-state index contributed by atoms with van der Waals surface area (Å²) in [6.45, 7) is 4.34. The summed E-state index contributed by atoms with van der Waals surface area (Å²) in [7, 11) is 0. The molecule has 0 aliphatic heterocycles. The first kappa shape index (κ1) is 18.6. The summed E-state index contributed by atoms with van der Waals surface area (Å²) in [5, 5.41) is 5.52. The van der Waals surface area contributed by atoms with Gasteiger partial charge in [-0.1, -0.05) is 24.3 Å². The highest BCUT2D eigenvalue weighted by Gasteiger charge is 2.07. The van der Waals surface area contributed by atoms with Crippen LogP contribution in [-0.4, -0.2) is 15.0 Å². The first-order valence-electron chi connectivity index (χ1n) is 8.92. The molecular formula is C22H19IN4O. The van der Waals surface area contributed by atoms with Gasteiger partial charge in [0, 0.05) is 15.2 Å². The Bertz CT molecular complexity index is 1150. The first-order chi connectivity index (χ1) is 13.6. The van der Waals surface area contributed by atoms with E-state index in [9.17, 15) is 0 Å². The Morgan fingerprint density at radius 2 is 1.75 bits per heavy atom. The standard InChI is InChI=1S/C22H19IN4O/c1-14-15(2)26-22(12-25-14)27-21-11-16(9-10-24-21)13-28-20-8-7-19(23)17-5-3-4-6-18(17)20/h3-12H,13H2,1-2H3,(H,24,26,27). The molecule has 0 aliphatic rings. The number of pyridine rings is 1. The highest BCUT2D eigenvalue weighted by molar-refractivity contribution is 14.1. The lowest BCUT2D eigenvalue weighted by molar-refractivity contribution is 0.310. The number of aromatic nitrogens is 3. The van der Waals surface area contributed by atoms with Crippen LogP contribution in [0.3, 0.4) is 0 Å². The van der Waals surface area contributed by atoms with Gasteiger partial charge >= 0.3 is 0 Å². The van der Waals surface area contributed by atoms with Gasteiger partial charge in [0.05, 0.1) is 17.6 Å². The molecule has 0 bridgehead atoms. The molecule has 28 heavy (non-hydrogen) atoms. The number of rotatable bonds is 5. The fourth-order valence-electron chi connectivity index (χ4n) is 2.89. The number of nitrogens with one attached hydrogen (secondary N) is 1. The van der Waals surface area contributed by atoms with Crippen LogP contribution in [0.2, 0.25) is 0 Å². The fourth-order valence-corrected chi connectivity index (χ4v) is 3.54. The number of nitrogens with zero attached hydrogens (tertiary/aromatic N) is 3. The minimum Gasteiger partial charge on any atom is -0.488 e. The second-order valence-corrected chi connectivity index (χ2v) is 7.64. The van der Waals surface area contributed by atoms with E-state index in [4.69, 9.17) is 4.74 Å². The van der Waals surface area contributed by atoms with Gasteiger partial charge in [0.25, 0.3) is 0 Å². The lowest BCUT2D eigenvalue weighted by atomic mass is 10.1. The number of aryl methyl sites for hydroxylation is 2. The van der Waals surface area contributed by atoms with Gasteiger partial charge in [-0.25, -0.2) is 9.97 Å². The summed E-state index contributed by atoms with van der Waals surface area (Å²) in [6.07, 6.45) is 3.48. The van der Waals surface area contributed by atoms with Crippen molar-refractivity contribution in [3.05, 3.63) is 81.4 Å². The number of halogens is 1. The maximum absolute atomic E-state index is 6.11. The molecule has 6 heteroatoms. The van der Waals surface area contributed by atoms with Crippen molar-refractivity contribution < 1.29 is 4.74 Å². The van der Waals surface area contributed by atoms with Crippen LogP contribution in [0, 0.1) is 17.4 Å². The number of ether oxygens (including phenoxy) is 1. The Hall–Kier alpha value is -2.74. The van der Waals surface area contributed by atoms with E-state index in [1.165, 1.54) is 8.96 Å². The molecule has 0 saturated carbocycles. The predicted octanol–water partition coefficient (Wildman–Crippen LogP) is 5.57. The minimum absolute atomic E-state index is 0.459. The summed E-state index contributed by atoms with van der Waals surface area (Å²) >= 11 is 2.35. The molecule has 0 unspecified atom stereocenters. The molecule has 0 aliphatic carbocycles. The largest absolute Gasteiger partial charge is 0.488 e.